The molecule has 1 unspecified atom stereocenters. The van der Waals surface area contributed by atoms with E-state index in [1.165, 1.54) is 9.77 Å². The molecule has 1 atom stereocenters. The summed E-state index contributed by atoms with van der Waals surface area (Å²) in [6.45, 7) is 2.07. The van der Waals surface area contributed by atoms with E-state index in [4.69, 9.17) is 4.74 Å². The Morgan fingerprint density at radius 1 is 1.64 bits per heavy atom. The second-order valence-corrected chi connectivity index (χ2v) is 4.09. The molecule has 11 heavy (non-hydrogen) atoms. The van der Waals surface area contributed by atoms with Gasteiger partial charge in [-0.15, -0.1) is 23.1 Å². The van der Waals surface area contributed by atoms with Gasteiger partial charge in [0, 0.05) is 22.3 Å². The van der Waals surface area contributed by atoms with E-state index in [-0.39, 0.29) is 6.10 Å². The first kappa shape index (κ1) is 9.10. The van der Waals surface area contributed by atoms with Gasteiger partial charge in [-0.3, -0.25) is 0 Å². The van der Waals surface area contributed by atoms with E-state index in [1.54, 1.807) is 30.2 Å². The maximum atomic E-state index is 5.20. The van der Waals surface area contributed by atoms with E-state index in [9.17, 15) is 0 Å². The second kappa shape index (κ2) is 4.14. The molecule has 0 N–H and O–H groups in total. The number of thiophene rings is 1. The molecule has 1 heterocycles. The van der Waals surface area contributed by atoms with Crippen LogP contribution in [-0.4, -0.2) is 13.4 Å². The summed E-state index contributed by atoms with van der Waals surface area (Å²) < 4.78 is 5.20. The number of hydrogen-bond donors (Lipinski definition) is 0. The standard InChI is InChI=1S/C8H12OS2/c1-6(9-2)8-4-7(10-3)5-11-8/h4-6H,1-3H3. The molecule has 1 aromatic heterocycles. The van der Waals surface area contributed by atoms with E-state index in [0.717, 1.165) is 0 Å². The first-order valence-electron chi connectivity index (χ1n) is 3.43. The molecule has 0 aliphatic rings. The molecule has 62 valence electrons. The summed E-state index contributed by atoms with van der Waals surface area (Å²) in [7, 11) is 1.74. The highest BCUT2D eigenvalue weighted by atomic mass is 32.2. The molecule has 0 aliphatic carbocycles. The van der Waals surface area contributed by atoms with Crippen molar-refractivity contribution >= 4 is 23.1 Å². The van der Waals surface area contributed by atoms with Gasteiger partial charge in [-0.2, -0.15) is 0 Å². The number of hydrogen-bond acceptors (Lipinski definition) is 3. The average Bonchev–Trinajstić information content (AvgIpc) is 2.50. The quantitative estimate of drug-likeness (QED) is 0.674. The van der Waals surface area contributed by atoms with Crippen molar-refractivity contribution < 1.29 is 4.74 Å². The van der Waals surface area contributed by atoms with Gasteiger partial charge in [0.1, 0.15) is 0 Å². The Morgan fingerprint density at radius 2 is 2.36 bits per heavy atom. The van der Waals surface area contributed by atoms with E-state index < -0.39 is 0 Å². The lowest BCUT2D eigenvalue weighted by Crippen LogP contribution is -1.90. The van der Waals surface area contributed by atoms with Crippen LogP contribution in [0.2, 0.25) is 0 Å². The van der Waals surface area contributed by atoms with Crippen molar-refractivity contribution in [2.24, 2.45) is 0 Å². The average molecular weight is 188 g/mol. The Labute approximate surface area is 75.8 Å². The van der Waals surface area contributed by atoms with Gasteiger partial charge >= 0.3 is 0 Å². The Morgan fingerprint density at radius 3 is 2.82 bits per heavy atom. The minimum Gasteiger partial charge on any atom is -0.376 e. The van der Waals surface area contributed by atoms with Crippen molar-refractivity contribution in [3.8, 4) is 0 Å². The second-order valence-electron chi connectivity index (χ2n) is 2.27. The van der Waals surface area contributed by atoms with E-state index in [0.29, 0.717) is 0 Å². The van der Waals surface area contributed by atoms with Crippen molar-refractivity contribution in [2.45, 2.75) is 17.9 Å². The first-order valence-corrected chi connectivity index (χ1v) is 5.53. The first-order chi connectivity index (χ1) is 5.27. The van der Waals surface area contributed by atoms with Crippen molar-refractivity contribution in [1.29, 1.82) is 0 Å². The van der Waals surface area contributed by atoms with Crippen molar-refractivity contribution in [3.05, 3.63) is 16.3 Å². The molecule has 0 bridgehead atoms. The van der Waals surface area contributed by atoms with Crippen LogP contribution in [0, 0.1) is 0 Å². The van der Waals surface area contributed by atoms with Crippen LogP contribution in [0.25, 0.3) is 0 Å². The van der Waals surface area contributed by atoms with Gasteiger partial charge in [0.05, 0.1) is 6.10 Å². The lowest BCUT2D eigenvalue weighted by atomic mass is 10.3. The summed E-state index contributed by atoms with van der Waals surface area (Å²) in [5, 5.41) is 2.16. The summed E-state index contributed by atoms with van der Waals surface area (Å²) in [5.74, 6) is 0. The molecule has 0 aromatic carbocycles. The maximum Gasteiger partial charge on any atom is 0.0885 e. The molecule has 0 fully saturated rings. The third-order valence-corrected chi connectivity index (χ3v) is 3.54. The summed E-state index contributed by atoms with van der Waals surface area (Å²) in [5.41, 5.74) is 0. The predicted octanol–water partition coefficient (Wildman–Crippen LogP) is 3.18. The van der Waals surface area contributed by atoms with Gasteiger partial charge in [-0.1, -0.05) is 0 Å². The normalized spacial score (nSPS) is 13.4. The van der Waals surface area contributed by atoms with E-state index >= 15 is 0 Å². The Kier molecular flexibility index (Phi) is 3.43. The van der Waals surface area contributed by atoms with Gasteiger partial charge in [0.2, 0.25) is 0 Å². The van der Waals surface area contributed by atoms with E-state index in [2.05, 4.69) is 24.6 Å². The number of methoxy groups -OCH3 is 1. The van der Waals surface area contributed by atoms with Crippen molar-refractivity contribution in [3.63, 3.8) is 0 Å². The largest absolute Gasteiger partial charge is 0.376 e. The SMILES string of the molecule is COC(C)c1cc(SC)cs1. The van der Waals surface area contributed by atoms with Crippen molar-refractivity contribution in [1.82, 2.24) is 0 Å². The fraction of sp³-hybridized carbons (Fsp3) is 0.500. The van der Waals surface area contributed by atoms with Crippen LogP contribution in [-0.2, 0) is 4.74 Å². The summed E-state index contributed by atoms with van der Waals surface area (Å²) in [6, 6.07) is 2.18. The fourth-order valence-corrected chi connectivity index (χ4v) is 2.42. The Bertz CT molecular complexity index is 220. The molecule has 0 spiro atoms. The summed E-state index contributed by atoms with van der Waals surface area (Å²) in [4.78, 5) is 2.63. The Balaban J connectivity index is 2.71. The topological polar surface area (TPSA) is 9.23 Å². The number of rotatable bonds is 3. The third kappa shape index (κ3) is 2.22. The highest BCUT2D eigenvalue weighted by molar-refractivity contribution is 7.98. The summed E-state index contributed by atoms with van der Waals surface area (Å²) in [6.07, 6.45) is 2.32. The zero-order chi connectivity index (χ0) is 8.27. The van der Waals surface area contributed by atoms with Crippen molar-refractivity contribution in [2.75, 3.05) is 13.4 Å². The van der Waals surface area contributed by atoms with Crippen LogP contribution in [0.4, 0.5) is 0 Å². The van der Waals surface area contributed by atoms with Gasteiger partial charge in [0.15, 0.2) is 0 Å². The molecule has 0 radical (unpaired) electrons. The fourth-order valence-electron chi connectivity index (χ4n) is 0.771. The molecular weight excluding hydrogens is 176 g/mol. The van der Waals surface area contributed by atoms with Crippen LogP contribution in [0.5, 0.6) is 0 Å². The molecule has 0 saturated heterocycles. The predicted molar refractivity (Wildman–Crippen MR) is 51.5 cm³/mol. The lowest BCUT2D eigenvalue weighted by Gasteiger charge is -2.04. The van der Waals surface area contributed by atoms with E-state index in [1.807, 2.05) is 0 Å². The zero-order valence-electron chi connectivity index (χ0n) is 6.96. The van der Waals surface area contributed by atoms with Crippen LogP contribution in [0.15, 0.2) is 16.3 Å². The number of ether oxygens (including phenoxy) is 1. The van der Waals surface area contributed by atoms with Gasteiger partial charge in [0.25, 0.3) is 0 Å². The van der Waals surface area contributed by atoms with Gasteiger partial charge < -0.3 is 4.74 Å². The third-order valence-electron chi connectivity index (χ3n) is 1.59. The number of thioether (sulfide) groups is 1. The van der Waals surface area contributed by atoms with Crippen LogP contribution >= 0.6 is 23.1 Å². The minimum atomic E-state index is 0.237. The smallest absolute Gasteiger partial charge is 0.0885 e. The molecule has 3 heteroatoms. The zero-order valence-corrected chi connectivity index (χ0v) is 8.59. The molecule has 1 rings (SSSR count). The molecule has 1 aromatic rings. The van der Waals surface area contributed by atoms with Gasteiger partial charge in [-0.25, -0.2) is 0 Å². The molecule has 0 amide bonds. The van der Waals surface area contributed by atoms with Crippen LogP contribution in [0.3, 0.4) is 0 Å². The van der Waals surface area contributed by atoms with Gasteiger partial charge in [-0.05, 0) is 19.2 Å². The van der Waals surface area contributed by atoms with Crippen LogP contribution < -0.4 is 0 Å². The van der Waals surface area contributed by atoms with Crippen LogP contribution in [0.1, 0.15) is 17.9 Å². The lowest BCUT2D eigenvalue weighted by molar-refractivity contribution is 0.122. The molecule has 0 saturated carbocycles. The summed E-state index contributed by atoms with van der Waals surface area (Å²) >= 11 is 3.53. The molecular formula is C8H12OS2. The molecule has 1 nitrogen and oxygen atoms in total. The Hall–Kier alpha value is 0.01000. The monoisotopic (exact) mass is 188 g/mol. The highest BCUT2D eigenvalue weighted by Gasteiger charge is 2.05. The highest BCUT2D eigenvalue weighted by Crippen LogP contribution is 2.28. The maximum absolute atomic E-state index is 5.20. The minimum absolute atomic E-state index is 0.237. The molecule has 0 aliphatic heterocycles.